The number of rotatable bonds is 4. The molecule has 1 aliphatic carbocycles. The molecule has 0 bridgehead atoms. The van der Waals surface area contributed by atoms with Crippen molar-refractivity contribution >= 4 is 11.9 Å². The van der Waals surface area contributed by atoms with E-state index in [9.17, 15) is 9.59 Å². The van der Waals surface area contributed by atoms with Gasteiger partial charge in [-0.1, -0.05) is 25.3 Å². The van der Waals surface area contributed by atoms with Crippen molar-refractivity contribution in [1.29, 1.82) is 0 Å². The fourth-order valence-electron chi connectivity index (χ4n) is 4.70. The fraction of sp³-hybridized carbons (Fsp3) is 0.789. The van der Waals surface area contributed by atoms with Gasteiger partial charge >= 0.3 is 6.03 Å². The summed E-state index contributed by atoms with van der Waals surface area (Å²) in [7, 11) is 0. The quantitative estimate of drug-likeness (QED) is 0.804. The topological polar surface area (TPSA) is 52.7 Å². The van der Waals surface area contributed by atoms with Gasteiger partial charge in [0.15, 0.2) is 0 Å². The van der Waals surface area contributed by atoms with Crippen LogP contribution in [-0.2, 0) is 4.79 Å². The van der Waals surface area contributed by atoms with Gasteiger partial charge in [0.25, 0.3) is 0 Å². The number of urea groups is 1. The van der Waals surface area contributed by atoms with Gasteiger partial charge in [0.05, 0.1) is 5.41 Å². The molecule has 1 unspecified atom stereocenters. The highest BCUT2D eigenvalue weighted by Gasteiger charge is 2.49. The molecule has 2 saturated heterocycles. The fourth-order valence-corrected chi connectivity index (χ4v) is 4.70. The third-order valence-electron chi connectivity index (χ3n) is 6.07. The van der Waals surface area contributed by atoms with Crippen LogP contribution in [0.25, 0.3) is 0 Å². The van der Waals surface area contributed by atoms with Crippen LogP contribution in [0.1, 0.15) is 51.4 Å². The van der Waals surface area contributed by atoms with Crippen molar-refractivity contribution in [2.24, 2.45) is 11.3 Å². The zero-order chi connectivity index (χ0) is 17.0. The van der Waals surface area contributed by atoms with Gasteiger partial charge < -0.3 is 15.1 Å². The molecule has 3 amide bonds. The monoisotopic (exact) mass is 333 g/mol. The van der Waals surface area contributed by atoms with Gasteiger partial charge in [-0.3, -0.25) is 4.79 Å². The molecule has 1 atom stereocenters. The van der Waals surface area contributed by atoms with E-state index < -0.39 is 0 Å². The summed E-state index contributed by atoms with van der Waals surface area (Å²) in [5.41, 5.74) is -0.321. The highest BCUT2D eigenvalue weighted by molar-refractivity contribution is 5.85. The Morgan fingerprint density at radius 1 is 1.21 bits per heavy atom. The first kappa shape index (κ1) is 17.3. The van der Waals surface area contributed by atoms with E-state index in [0.29, 0.717) is 31.5 Å². The van der Waals surface area contributed by atoms with Crippen molar-refractivity contribution in [3.63, 3.8) is 0 Å². The summed E-state index contributed by atoms with van der Waals surface area (Å²) >= 11 is 0. The van der Waals surface area contributed by atoms with Crippen LogP contribution in [0.3, 0.4) is 0 Å². The van der Waals surface area contributed by atoms with E-state index in [-0.39, 0.29) is 11.4 Å². The Labute approximate surface area is 145 Å². The van der Waals surface area contributed by atoms with E-state index in [2.05, 4.69) is 16.8 Å². The molecule has 0 aromatic heterocycles. The van der Waals surface area contributed by atoms with Crippen LogP contribution in [0.2, 0.25) is 0 Å². The molecule has 3 fully saturated rings. The molecule has 134 valence electrons. The maximum Gasteiger partial charge on any atom is 0.317 e. The van der Waals surface area contributed by atoms with Crippen molar-refractivity contribution in [2.45, 2.75) is 51.4 Å². The van der Waals surface area contributed by atoms with Gasteiger partial charge in [-0.15, -0.1) is 6.58 Å². The van der Waals surface area contributed by atoms with Gasteiger partial charge in [0.2, 0.25) is 5.91 Å². The Morgan fingerprint density at radius 2 is 2.00 bits per heavy atom. The van der Waals surface area contributed by atoms with Gasteiger partial charge in [-0.05, 0) is 38.0 Å². The van der Waals surface area contributed by atoms with Crippen molar-refractivity contribution in [3.05, 3.63) is 12.7 Å². The number of piperidine rings is 1. The largest absolute Gasteiger partial charge is 0.342 e. The molecule has 5 heteroatoms. The van der Waals surface area contributed by atoms with E-state index in [4.69, 9.17) is 0 Å². The molecule has 0 aromatic carbocycles. The highest BCUT2D eigenvalue weighted by Crippen LogP contribution is 2.40. The molecule has 24 heavy (non-hydrogen) atoms. The molecule has 3 rings (SSSR count). The second-order valence-corrected chi connectivity index (χ2v) is 7.79. The lowest BCUT2D eigenvalue weighted by molar-refractivity contribution is -0.146. The highest BCUT2D eigenvalue weighted by atomic mass is 16.2. The zero-order valence-corrected chi connectivity index (χ0v) is 14.8. The van der Waals surface area contributed by atoms with Crippen LogP contribution < -0.4 is 5.32 Å². The lowest BCUT2D eigenvalue weighted by atomic mass is 9.77. The minimum Gasteiger partial charge on any atom is -0.342 e. The van der Waals surface area contributed by atoms with Crippen molar-refractivity contribution < 1.29 is 9.59 Å². The van der Waals surface area contributed by atoms with Crippen LogP contribution in [0.4, 0.5) is 4.79 Å². The van der Waals surface area contributed by atoms with Crippen LogP contribution in [0.5, 0.6) is 0 Å². The maximum atomic E-state index is 13.2. The average Bonchev–Trinajstić information content (AvgIpc) is 3.03. The Hall–Kier alpha value is -1.52. The normalized spacial score (nSPS) is 28.4. The molecule has 3 aliphatic rings. The van der Waals surface area contributed by atoms with Crippen molar-refractivity contribution in [3.8, 4) is 0 Å². The molecule has 5 nitrogen and oxygen atoms in total. The lowest BCUT2D eigenvalue weighted by Crippen LogP contribution is -2.52. The van der Waals surface area contributed by atoms with E-state index >= 15 is 0 Å². The molecule has 2 aliphatic heterocycles. The first-order valence-corrected chi connectivity index (χ1v) is 9.58. The summed E-state index contributed by atoms with van der Waals surface area (Å²) in [6, 6.07) is -0.0658. The first-order valence-electron chi connectivity index (χ1n) is 9.58. The second-order valence-electron chi connectivity index (χ2n) is 7.79. The molecule has 1 N–H and O–H groups in total. The van der Waals surface area contributed by atoms with E-state index in [1.54, 1.807) is 6.08 Å². The molecule has 1 spiro atoms. The third-order valence-corrected chi connectivity index (χ3v) is 6.07. The summed E-state index contributed by atoms with van der Waals surface area (Å²) in [6.45, 7) is 7.20. The summed E-state index contributed by atoms with van der Waals surface area (Å²) in [5, 5.41) is 2.83. The average molecular weight is 333 g/mol. The molecular formula is C19H31N3O2. The van der Waals surface area contributed by atoms with E-state index in [0.717, 1.165) is 32.4 Å². The number of nitrogens with zero attached hydrogens (tertiary/aromatic N) is 2. The molecule has 0 aromatic rings. The standard InChI is InChI=1S/C19H31N3O2/c1-2-11-20-18(24)22-13-10-19(15-22)9-6-12-21(17(19)23)14-16-7-4-3-5-8-16/h2,16H,1,3-15H2,(H,20,24). The summed E-state index contributed by atoms with van der Waals surface area (Å²) in [5.74, 6) is 0.990. The second kappa shape index (κ2) is 7.58. The maximum absolute atomic E-state index is 13.2. The number of carbonyl (C=O) groups is 2. The smallest absolute Gasteiger partial charge is 0.317 e. The zero-order valence-electron chi connectivity index (χ0n) is 14.8. The number of likely N-dealkylation sites (tertiary alicyclic amines) is 2. The minimum absolute atomic E-state index is 0.0658. The van der Waals surface area contributed by atoms with Gasteiger partial charge in [-0.2, -0.15) is 0 Å². The van der Waals surface area contributed by atoms with Crippen molar-refractivity contribution in [2.75, 3.05) is 32.7 Å². The molecule has 0 radical (unpaired) electrons. The van der Waals surface area contributed by atoms with Crippen LogP contribution in [0.15, 0.2) is 12.7 Å². The predicted octanol–water partition coefficient (Wildman–Crippen LogP) is 2.78. The Morgan fingerprint density at radius 3 is 2.75 bits per heavy atom. The van der Waals surface area contributed by atoms with Crippen molar-refractivity contribution in [1.82, 2.24) is 15.1 Å². The number of carbonyl (C=O) groups excluding carboxylic acids is 2. The number of amides is 3. The van der Waals surface area contributed by atoms with Gasteiger partial charge in [0.1, 0.15) is 0 Å². The molecule has 1 saturated carbocycles. The van der Waals surface area contributed by atoms with Crippen LogP contribution in [0, 0.1) is 11.3 Å². The lowest BCUT2D eigenvalue weighted by Gasteiger charge is -2.41. The third kappa shape index (κ3) is 3.60. The summed E-state index contributed by atoms with van der Waals surface area (Å²) in [4.78, 5) is 29.3. The van der Waals surface area contributed by atoms with E-state index in [1.165, 1.54) is 32.1 Å². The Kier molecular flexibility index (Phi) is 5.47. The number of hydrogen-bond donors (Lipinski definition) is 1. The minimum atomic E-state index is -0.321. The first-order chi connectivity index (χ1) is 11.6. The van der Waals surface area contributed by atoms with Gasteiger partial charge in [0, 0.05) is 32.7 Å². The molecular weight excluding hydrogens is 302 g/mol. The van der Waals surface area contributed by atoms with Crippen LogP contribution >= 0.6 is 0 Å². The number of nitrogens with one attached hydrogen (secondary N) is 1. The summed E-state index contributed by atoms with van der Waals surface area (Å²) < 4.78 is 0. The SMILES string of the molecule is C=CCNC(=O)N1CCC2(CCCN(CC3CCCCC3)C2=O)C1. The molecule has 2 heterocycles. The van der Waals surface area contributed by atoms with Crippen LogP contribution in [-0.4, -0.2) is 54.5 Å². The number of hydrogen-bond acceptors (Lipinski definition) is 2. The Balaban J connectivity index is 1.60. The van der Waals surface area contributed by atoms with Gasteiger partial charge in [-0.25, -0.2) is 4.79 Å². The predicted molar refractivity (Wildman–Crippen MR) is 94.6 cm³/mol. The van der Waals surface area contributed by atoms with E-state index in [1.807, 2.05) is 4.90 Å². The summed E-state index contributed by atoms with van der Waals surface area (Å²) in [6.07, 6.45) is 11.0. The Bertz CT molecular complexity index is 487.